The fourth-order valence-electron chi connectivity index (χ4n) is 5.30. The number of carbonyl (C=O) groups is 2. The van der Waals surface area contributed by atoms with Gasteiger partial charge in [0, 0.05) is 12.2 Å². The van der Waals surface area contributed by atoms with E-state index in [-0.39, 0.29) is 0 Å². The first-order valence-electron chi connectivity index (χ1n) is 16.1. The molecule has 0 aliphatic carbocycles. The molecular formula is C32H62O4Si. The minimum atomic E-state index is -2.25. The van der Waals surface area contributed by atoms with Crippen molar-refractivity contribution in [1.82, 2.24) is 0 Å². The number of carbonyl (C=O) groups excluding carboxylic acids is 1. The SMILES string of the molecule is CCCCCCCCCCCC[Si](CCCCCCCC)(CCCCCCCC)OC(=O)/C=C\C(=O)O. The Hall–Kier alpha value is -1.10. The molecule has 0 aromatic carbocycles. The molecule has 0 saturated carbocycles. The number of hydrogen-bond donors (Lipinski definition) is 1. The molecule has 0 aliphatic rings. The van der Waals surface area contributed by atoms with E-state index in [1.165, 1.54) is 122 Å². The van der Waals surface area contributed by atoms with Crippen LogP contribution in [0.5, 0.6) is 0 Å². The highest BCUT2D eigenvalue weighted by Gasteiger charge is 2.36. The van der Waals surface area contributed by atoms with Crippen molar-refractivity contribution in [2.45, 2.75) is 180 Å². The van der Waals surface area contributed by atoms with Crippen molar-refractivity contribution in [2.24, 2.45) is 0 Å². The van der Waals surface area contributed by atoms with Crippen LogP contribution in [0, 0.1) is 0 Å². The molecule has 0 fully saturated rings. The predicted octanol–water partition coefficient (Wildman–Crippen LogP) is 10.8. The molecule has 0 bridgehead atoms. The molecule has 0 saturated heterocycles. The van der Waals surface area contributed by atoms with Crippen LogP contribution in [0.15, 0.2) is 12.2 Å². The van der Waals surface area contributed by atoms with Crippen LogP contribution < -0.4 is 0 Å². The van der Waals surface area contributed by atoms with Crippen molar-refractivity contribution in [3.8, 4) is 0 Å². The van der Waals surface area contributed by atoms with Gasteiger partial charge in [-0.1, -0.05) is 162 Å². The molecule has 0 rings (SSSR count). The molecule has 0 heterocycles. The lowest BCUT2D eigenvalue weighted by Gasteiger charge is -2.31. The van der Waals surface area contributed by atoms with Crippen LogP contribution in [-0.2, 0) is 14.0 Å². The molecule has 0 spiro atoms. The van der Waals surface area contributed by atoms with Crippen molar-refractivity contribution >= 4 is 20.3 Å². The second-order valence-electron chi connectivity index (χ2n) is 11.2. The lowest BCUT2D eigenvalue weighted by molar-refractivity contribution is -0.133. The number of hydrogen-bond acceptors (Lipinski definition) is 3. The number of aliphatic carboxylic acids is 1. The summed E-state index contributed by atoms with van der Waals surface area (Å²) in [5, 5.41) is 8.97. The van der Waals surface area contributed by atoms with Gasteiger partial charge in [0.15, 0.2) is 0 Å². The molecule has 0 amide bonds. The third-order valence-corrected chi connectivity index (χ3v) is 12.1. The smallest absolute Gasteiger partial charge is 0.328 e. The van der Waals surface area contributed by atoms with Crippen molar-refractivity contribution in [3.05, 3.63) is 12.2 Å². The van der Waals surface area contributed by atoms with Crippen molar-refractivity contribution in [2.75, 3.05) is 0 Å². The van der Waals surface area contributed by atoms with E-state index in [2.05, 4.69) is 20.8 Å². The number of unbranched alkanes of at least 4 members (excludes halogenated alkanes) is 19. The fourth-order valence-corrected chi connectivity index (χ4v) is 9.54. The van der Waals surface area contributed by atoms with E-state index >= 15 is 0 Å². The lowest BCUT2D eigenvalue weighted by Crippen LogP contribution is -2.40. The average molecular weight is 539 g/mol. The molecule has 4 nitrogen and oxygen atoms in total. The Kier molecular flexibility index (Phi) is 25.7. The summed E-state index contributed by atoms with van der Waals surface area (Å²) in [6.07, 6.45) is 30.1. The molecule has 5 heteroatoms. The highest BCUT2D eigenvalue weighted by atomic mass is 28.4. The topological polar surface area (TPSA) is 63.6 Å². The van der Waals surface area contributed by atoms with Gasteiger partial charge < -0.3 is 9.53 Å². The zero-order valence-electron chi connectivity index (χ0n) is 25.0. The number of carboxylic acid groups (broad SMARTS) is 1. The molecule has 0 aromatic rings. The van der Waals surface area contributed by atoms with Crippen LogP contribution in [-0.4, -0.2) is 25.4 Å². The summed E-state index contributed by atoms with van der Waals surface area (Å²) in [6, 6.07) is 3.12. The first kappa shape index (κ1) is 35.9. The largest absolute Gasteiger partial charge is 0.516 e. The average Bonchev–Trinajstić information content (AvgIpc) is 2.88. The van der Waals surface area contributed by atoms with Crippen molar-refractivity contribution in [3.63, 3.8) is 0 Å². The summed E-state index contributed by atoms with van der Waals surface area (Å²) in [5.74, 6) is -1.52. The predicted molar refractivity (Wildman–Crippen MR) is 162 cm³/mol. The second kappa shape index (κ2) is 26.5. The van der Waals surface area contributed by atoms with E-state index in [1.807, 2.05) is 0 Å². The minimum absolute atomic E-state index is 0.432. The standard InChI is InChI=1S/C32H62O4Si/c1-4-7-10-13-16-17-18-19-22-25-30-37(28-23-20-14-11-8-5-2,29-24-21-15-12-9-6-3)36-32(35)27-26-31(33)34/h26-27H,4-25,28-30H2,1-3H3,(H,33,34)/b27-26-. The molecule has 0 atom stereocenters. The van der Waals surface area contributed by atoms with Gasteiger partial charge in [-0.2, -0.15) is 0 Å². The van der Waals surface area contributed by atoms with Gasteiger partial charge in [0.1, 0.15) is 0 Å². The summed E-state index contributed by atoms with van der Waals surface area (Å²) in [7, 11) is -2.25. The van der Waals surface area contributed by atoms with Crippen LogP contribution in [0.25, 0.3) is 0 Å². The van der Waals surface area contributed by atoms with Gasteiger partial charge in [-0.25, -0.2) is 9.59 Å². The Morgan fingerprint density at radius 3 is 1.11 bits per heavy atom. The Balaban J connectivity index is 4.94. The Morgan fingerprint density at radius 1 is 0.514 bits per heavy atom. The molecule has 0 aromatic heterocycles. The van der Waals surface area contributed by atoms with Gasteiger partial charge in [-0.05, 0) is 18.1 Å². The quantitative estimate of drug-likeness (QED) is 0.0611. The van der Waals surface area contributed by atoms with Gasteiger partial charge in [0.05, 0.1) is 0 Å². The lowest BCUT2D eigenvalue weighted by atomic mass is 10.1. The molecule has 1 N–H and O–H groups in total. The maximum Gasteiger partial charge on any atom is 0.328 e. The maximum atomic E-state index is 12.7. The van der Waals surface area contributed by atoms with E-state index in [1.54, 1.807) is 0 Å². The van der Waals surface area contributed by atoms with Crippen LogP contribution in [0.2, 0.25) is 18.1 Å². The molecule has 218 valence electrons. The highest BCUT2D eigenvalue weighted by molar-refractivity contribution is 6.75. The highest BCUT2D eigenvalue weighted by Crippen LogP contribution is 2.31. The zero-order valence-corrected chi connectivity index (χ0v) is 26.0. The first-order valence-corrected chi connectivity index (χ1v) is 18.7. The van der Waals surface area contributed by atoms with Crippen molar-refractivity contribution in [1.29, 1.82) is 0 Å². The Morgan fingerprint density at radius 2 is 0.811 bits per heavy atom. The number of carboxylic acids is 1. The van der Waals surface area contributed by atoms with Crippen LogP contribution in [0.1, 0.15) is 162 Å². The van der Waals surface area contributed by atoms with Gasteiger partial charge in [-0.15, -0.1) is 0 Å². The van der Waals surface area contributed by atoms with E-state index in [0.717, 1.165) is 49.5 Å². The van der Waals surface area contributed by atoms with Gasteiger partial charge in [0.25, 0.3) is 8.32 Å². The number of rotatable bonds is 28. The monoisotopic (exact) mass is 538 g/mol. The Labute approximate surface area is 231 Å². The van der Waals surface area contributed by atoms with Crippen molar-refractivity contribution < 1.29 is 19.1 Å². The normalized spacial score (nSPS) is 11.9. The summed E-state index contributed by atoms with van der Waals surface area (Å²) in [5.41, 5.74) is 0. The van der Waals surface area contributed by atoms with Crippen LogP contribution >= 0.6 is 0 Å². The third-order valence-electron chi connectivity index (χ3n) is 7.64. The van der Waals surface area contributed by atoms with Gasteiger partial charge in [-0.3, -0.25) is 0 Å². The molecule has 0 unspecified atom stereocenters. The molecule has 0 radical (unpaired) electrons. The fraction of sp³-hybridized carbons (Fsp3) is 0.875. The maximum absolute atomic E-state index is 12.7. The third kappa shape index (κ3) is 23.7. The van der Waals surface area contributed by atoms with E-state index < -0.39 is 20.3 Å². The second-order valence-corrected chi connectivity index (χ2v) is 15.3. The summed E-state index contributed by atoms with van der Waals surface area (Å²) < 4.78 is 6.28. The van der Waals surface area contributed by atoms with Gasteiger partial charge in [0.2, 0.25) is 0 Å². The van der Waals surface area contributed by atoms with Gasteiger partial charge >= 0.3 is 11.9 Å². The van der Waals surface area contributed by atoms with Crippen LogP contribution in [0.3, 0.4) is 0 Å². The minimum Gasteiger partial charge on any atom is -0.516 e. The van der Waals surface area contributed by atoms with E-state index in [9.17, 15) is 9.59 Å². The molecule has 0 aliphatic heterocycles. The van der Waals surface area contributed by atoms with E-state index in [0.29, 0.717) is 0 Å². The Bertz CT molecular complexity index is 545. The summed E-state index contributed by atoms with van der Waals surface area (Å²) in [4.78, 5) is 23.6. The molecule has 37 heavy (non-hydrogen) atoms. The first-order chi connectivity index (χ1) is 18.0. The van der Waals surface area contributed by atoms with Crippen LogP contribution in [0.4, 0.5) is 0 Å². The van der Waals surface area contributed by atoms with E-state index in [4.69, 9.17) is 9.53 Å². The molecular weight excluding hydrogens is 476 g/mol. The zero-order chi connectivity index (χ0) is 27.5. The summed E-state index contributed by atoms with van der Waals surface area (Å²) in [6.45, 7) is 6.76. The summed E-state index contributed by atoms with van der Waals surface area (Å²) >= 11 is 0.